The van der Waals surface area contributed by atoms with Crippen LogP contribution in [0.25, 0.3) is 5.69 Å². The number of nitrogens with zero attached hydrogens (tertiary/aromatic N) is 4. The first-order valence-corrected chi connectivity index (χ1v) is 5.98. The van der Waals surface area contributed by atoms with Gasteiger partial charge in [-0.1, -0.05) is 13.8 Å². The second-order valence-electron chi connectivity index (χ2n) is 4.56. The van der Waals surface area contributed by atoms with Gasteiger partial charge in [0.15, 0.2) is 0 Å². The first-order chi connectivity index (χ1) is 9.08. The van der Waals surface area contributed by atoms with E-state index in [9.17, 15) is 4.79 Å². The van der Waals surface area contributed by atoms with Gasteiger partial charge in [-0.05, 0) is 40.6 Å². The number of amides is 1. The van der Waals surface area contributed by atoms with Gasteiger partial charge in [-0.3, -0.25) is 4.79 Å². The monoisotopic (exact) mass is 260 g/mol. The highest BCUT2D eigenvalue weighted by molar-refractivity contribution is 5.94. The Bertz CT molecular complexity index is 534. The molecule has 1 amide bonds. The number of anilines is 1. The van der Waals surface area contributed by atoms with E-state index in [1.165, 1.54) is 11.0 Å². The van der Waals surface area contributed by atoms with Crippen LogP contribution < -0.4 is 11.1 Å². The molecule has 0 saturated carbocycles. The van der Waals surface area contributed by atoms with E-state index in [0.29, 0.717) is 5.69 Å². The highest BCUT2D eigenvalue weighted by Gasteiger charge is 2.16. The molecular weight excluding hydrogens is 244 g/mol. The largest absolute Gasteiger partial charge is 0.325 e. The van der Waals surface area contributed by atoms with E-state index < -0.39 is 6.04 Å². The van der Waals surface area contributed by atoms with Crippen molar-refractivity contribution in [2.45, 2.75) is 19.9 Å². The predicted molar refractivity (Wildman–Crippen MR) is 70.6 cm³/mol. The van der Waals surface area contributed by atoms with Gasteiger partial charge >= 0.3 is 0 Å². The molecule has 1 aromatic heterocycles. The number of carbonyl (C=O) groups is 1. The molecule has 0 aliphatic carbocycles. The van der Waals surface area contributed by atoms with E-state index in [1.54, 1.807) is 12.1 Å². The standard InChI is InChI=1S/C12H16N6O/c1-8(2)11(13)12(19)15-9-3-5-10(6-4-9)18-7-14-16-17-18/h3-8,11H,13H2,1-2H3,(H,15,19)/t11-/m1/s1. The second-order valence-corrected chi connectivity index (χ2v) is 4.56. The summed E-state index contributed by atoms with van der Waals surface area (Å²) in [5, 5.41) is 13.7. The van der Waals surface area contributed by atoms with Crippen LogP contribution in [-0.4, -0.2) is 32.2 Å². The van der Waals surface area contributed by atoms with E-state index in [-0.39, 0.29) is 11.8 Å². The zero-order valence-electron chi connectivity index (χ0n) is 10.8. The van der Waals surface area contributed by atoms with Gasteiger partial charge in [-0.2, -0.15) is 0 Å². The Morgan fingerprint density at radius 1 is 1.32 bits per heavy atom. The van der Waals surface area contributed by atoms with Crippen LogP contribution in [0, 0.1) is 5.92 Å². The molecule has 1 heterocycles. The topological polar surface area (TPSA) is 98.7 Å². The Balaban J connectivity index is 2.05. The fraction of sp³-hybridized carbons (Fsp3) is 0.333. The van der Waals surface area contributed by atoms with Crippen molar-refractivity contribution in [3.63, 3.8) is 0 Å². The Labute approximate surface area is 110 Å². The summed E-state index contributed by atoms with van der Waals surface area (Å²) in [7, 11) is 0. The Hall–Kier alpha value is -2.28. The van der Waals surface area contributed by atoms with Crippen molar-refractivity contribution in [3.05, 3.63) is 30.6 Å². The highest BCUT2D eigenvalue weighted by Crippen LogP contribution is 2.12. The predicted octanol–water partition coefficient (Wildman–Crippen LogP) is 0.584. The zero-order chi connectivity index (χ0) is 13.8. The van der Waals surface area contributed by atoms with Gasteiger partial charge in [-0.15, -0.1) is 5.10 Å². The summed E-state index contributed by atoms with van der Waals surface area (Å²) in [6.07, 6.45) is 1.50. The van der Waals surface area contributed by atoms with Gasteiger partial charge in [0.05, 0.1) is 11.7 Å². The number of hydrogen-bond acceptors (Lipinski definition) is 5. The third-order valence-corrected chi connectivity index (χ3v) is 2.77. The molecule has 0 unspecified atom stereocenters. The molecule has 0 aliphatic heterocycles. The summed E-state index contributed by atoms with van der Waals surface area (Å²) in [6, 6.07) is 6.67. The summed E-state index contributed by atoms with van der Waals surface area (Å²) >= 11 is 0. The van der Waals surface area contributed by atoms with Crippen LogP contribution >= 0.6 is 0 Å². The number of tetrazole rings is 1. The quantitative estimate of drug-likeness (QED) is 0.838. The molecule has 0 spiro atoms. The van der Waals surface area contributed by atoms with Gasteiger partial charge in [-0.25, -0.2) is 4.68 Å². The molecule has 1 atom stereocenters. The van der Waals surface area contributed by atoms with Gasteiger partial charge in [0.25, 0.3) is 0 Å². The lowest BCUT2D eigenvalue weighted by Crippen LogP contribution is -2.39. The molecule has 0 fully saturated rings. The normalized spacial score (nSPS) is 12.4. The summed E-state index contributed by atoms with van der Waals surface area (Å²) in [5.41, 5.74) is 7.28. The van der Waals surface area contributed by atoms with E-state index in [2.05, 4.69) is 20.8 Å². The molecule has 0 bridgehead atoms. The molecule has 2 rings (SSSR count). The maximum Gasteiger partial charge on any atom is 0.241 e. The number of benzene rings is 1. The Kier molecular flexibility index (Phi) is 3.86. The zero-order valence-corrected chi connectivity index (χ0v) is 10.8. The number of nitrogens with one attached hydrogen (secondary N) is 1. The summed E-state index contributed by atoms with van der Waals surface area (Å²) in [4.78, 5) is 11.8. The van der Waals surface area contributed by atoms with Crippen LogP contribution in [0.3, 0.4) is 0 Å². The molecule has 3 N–H and O–H groups in total. The molecule has 0 saturated heterocycles. The number of hydrogen-bond donors (Lipinski definition) is 2. The fourth-order valence-corrected chi connectivity index (χ4v) is 1.51. The van der Waals surface area contributed by atoms with Crippen molar-refractivity contribution in [3.8, 4) is 5.69 Å². The lowest BCUT2D eigenvalue weighted by atomic mass is 10.0. The van der Waals surface area contributed by atoms with Crippen molar-refractivity contribution in [1.82, 2.24) is 20.2 Å². The van der Waals surface area contributed by atoms with Crippen molar-refractivity contribution in [1.29, 1.82) is 0 Å². The third kappa shape index (κ3) is 3.14. The summed E-state index contributed by atoms with van der Waals surface area (Å²) in [5.74, 6) is -0.0920. The third-order valence-electron chi connectivity index (χ3n) is 2.77. The van der Waals surface area contributed by atoms with Gasteiger partial charge in [0, 0.05) is 5.69 Å². The van der Waals surface area contributed by atoms with E-state index >= 15 is 0 Å². The highest BCUT2D eigenvalue weighted by atomic mass is 16.2. The number of rotatable bonds is 4. The SMILES string of the molecule is CC(C)[C@@H](N)C(=O)Nc1ccc(-n2cnnn2)cc1. The Morgan fingerprint density at radius 3 is 2.53 bits per heavy atom. The van der Waals surface area contributed by atoms with E-state index in [1.807, 2.05) is 26.0 Å². The van der Waals surface area contributed by atoms with Crippen molar-refractivity contribution < 1.29 is 4.79 Å². The molecule has 100 valence electrons. The molecule has 1 aromatic carbocycles. The lowest BCUT2D eigenvalue weighted by Gasteiger charge is -2.15. The van der Waals surface area contributed by atoms with Crippen molar-refractivity contribution >= 4 is 11.6 Å². The maximum atomic E-state index is 11.8. The molecule has 7 nitrogen and oxygen atoms in total. The minimum absolute atomic E-state index is 0.0977. The van der Waals surface area contributed by atoms with Crippen LogP contribution in [0.2, 0.25) is 0 Å². The van der Waals surface area contributed by atoms with Crippen LogP contribution in [0.1, 0.15) is 13.8 Å². The van der Waals surface area contributed by atoms with Crippen molar-refractivity contribution in [2.24, 2.45) is 11.7 Å². The molecule has 7 heteroatoms. The van der Waals surface area contributed by atoms with Crippen LogP contribution in [-0.2, 0) is 4.79 Å². The smallest absolute Gasteiger partial charge is 0.241 e. The molecule has 2 aromatic rings. The summed E-state index contributed by atoms with van der Waals surface area (Å²) < 4.78 is 1.53. The van der Waals surface area contributed by atoms with Gasteiger partial charge in [0.1, 0.15) is 6.33 Å². The van der Waals surface area contributed by atoms with E-state index in [0.717, 1.165) is 5.69 Å². The van der Waals surface area contributed by atoms with E-state index in [4.69, 9.17) is 5.73 Å². The van der Waals surface area contributed by atoms with Gasteiger partial charge < -0.3 is 11.1 Å². The minimum Gasteiger partial charge on any atom is -0.325 e. The fourth-order valence-electron chi connectivity index (χ4n) is 1.51. The van der Waals surface area contributed by atoms with Crippen LogP contribution in [0.5, 0.6) is 0 Å². The van der Waals surface area contributed by atoms with Gasteiger partial charge in [0.2, 0.25) is 5.91 Å². The molecular formula is C12H16N6O. The second kappa shape index (κ2) is 5.57. The first-order valence-electron chi connectivity index (χ1n) is 5.98. The average molecular weight is 260 g/mol. The molecule has 0 aliphatic rings. The minimum atomic E-state index is -0.515. The Morgan fingerprint density at radius 2 is 2.00 bits per heavy atom. The van der Waals surface area contributed by atoms with Crippen molar-refractivity contribution in [2.75, 3.05) is 5.32 Å². The lowest BCUT2D eigenvalue weighted by molar-refractivity contribution is -0.118. The number of carbonyl (C=O) groups excluding carboxylic acids is 1. The van der Waals surface area contributed by atoms with Crippen LogP contribution in [0.15, 0.2) is 30.6 Å². The molecule has 0 radical (unpaired) electrons. The average Bonchev–Trinajstić information content (AvgIpc) is 2.92. The number of nitrogens with two attached hydrogens (primary N) is 1. The van der Waals surface area contributed by atoms with Crippen LogP contribution in [0.4, 0.5) is 5.69 Å². The molecule has 19 heavy (non-hydrogen) atoms. The first kappa shape index (κ1) is 13.2. The maximum absolute atomic E-state index is 11.8. The number of aromatic nitrogens is 4. The summed E-state index contributed by atoms with van der Waals surface area (Å²) in [6.45, 7) is 3.82.